The van der Waals surface area contributed by atoms with Crippen LogP contribution in [0.4, 0.5) is 0 Å². The molecular formula is C10H12N4O4. The van der Waals surface area contributed by atoms with Gasteiger partial charge in [0.25, 0.3) is 5.56 Å². The first-order valence-corrected chi connectivity index (χ1v) is 5.35. The first kappa shape index (κ1) is 12.1. The Labute approximate surface area is 100 Å². The van der Waals surface area contributed by atoms with Crippen molar-refractivity contribution < 1.29 is 9.90 Å². The molecule has 96 valence electrons. The maximum absolute atomic E-state index is 11.5. The third kappa shape index (κ3) is 1.92. The SMILES string of the molecule is CC(C(=O)O)C(C)c1nc2[nH]c(=O)[nH]c(=O)c2[nH]1. The second-order valence-electron chi connectivity index (χ2n) is 4.17. The van der Waals surface area contributed by atoms with Gasteiger partial charge in [-0.3, -0.25) is 19.6 Å². The van der Waals surface area contributed by atoms with Crippen molar-refractivity contribution in [1.82, 2.24) is 19.9 Å². The van der Waals surface area contributed by atoms with E-state index in [9.17, 15) is 14.4 Å². The predicted octanol–water partition coefficient (Wildman–Crippen LogP) is -0.236. The van der Waals surface area contributed by atoms with Crippen LogP contribution in [0.5, 0.6) is 0 Å². The fourth-order valence-electron chi connectivity index (χ4n) is 1.62. The Morgan fingerprint density at radius 2 is 1.89 bits per heavy atom. The number of imidazole rings is 1. The number of carboxylic acid groups (broad SMARTS) is 1. The van der Waals surface area contributed by atoms with Crippen LogP contribution in [0.1, 0.15) is 25.6 Å². The molecule has 8 nitrogen and oxygen atoms in total. The number of rotatable bonds is 3. The Morgan fingerprint density at radius 1 is 1.22 bits per heavy atom. The van der Waals surface area contributed by atoms with Gasteiger partial charge in [-0.15, -0.1) is 0 Å². The number of aliphatic carboxylic acids is 1. The zero-order valence-electron chi connectivity index (χ0n) is 9.77. The molecule has 0 bridgehead atoms. The third-order valence-corrected chi connectivity index (χ3v) is 2.98. The van der Waals surface area contributed by atoms with Crippen molar-refractivity contribution >= 4 is 17.1 Å². The number of fused-ring (bicyclic) bond motifs is 1. The number of aromatic amines is 3. The summed E-state index contributed by atoms with van der Waals surface area (Å²) in [5.41, 5.74) is -0.968. The monoisotopic (exact) mass is 252 g/mol. The summed E-state index contributed by atoms with van der Waals surface area (Å²) in [4.78, 5) is 44.6. The maximum atomic E-state index is 11.5. The van der Waals surface area contributed by atoms with Gasteiger partial charge in [-0.05, 0) is 0 Å². The summed E-state index contributed by atoms with van der Waals surface area (Å²) in [5, 5.41) is 8.92. The van der Waals surface area contributed by atoms with Gasteiger partial charge in [0, 0.05) is 5.92 Å². The number of nitrogens with one attached hydrogen (secondary N) is 3. The van der Waals surface area contributed by atoms with Crippen LogP contribution in [0.2, 0.25) is 0 Å². The number of aromatic nitrogens is 4. The van der Waals surface area contributed by atoms with Gasteiger partial charge in [-0.1, -0.05) is 13.8 Å². The quantitative estimate of drug-likeness (QED) is 0.598. The molecule has 2 aromatic heterocycles. The van der Waals surface area contributed by atoms with Crippen LogP contribution in [-0.2, 0) is 4.79 Å². The van der Waals surface area contributed by atoms with Gasteiger partial charge in [0.2, 0.25) is 0 Å². The molecule has 2 rings (SSSR count). The Kier molecular flexibility index (Phi) is 2.77. The molecule has 0 aromatic carbocycles. The molecule has 2 atom stereocenters. The minimum Gasteiger partial charge on any atom is -0.481 e. The summed E-state index contributed by atoms with van der Waals surface area (Å²) >= 11 is 0. The lowest BCUT2D eigenvalue weighted by Gasteiger charge is -2.12. The molecular weight excluding hydrogens is 240 g/mol. The summed E-state index contributed by atoms with van der Waals surface area (Å²) in [5.74, 6) is -1.66. The number of hydrogen-bond donors (Lipinski definition) is 4. The van der Waals surface area contributed by atoms with Crippen LogP contribution < -0.4 is 11.2 Å². The summed E-state index contributed by atoms with van der Waals surface area (Å²) in [7, 11) is 0. The average Bonchev–Trinajstić information content (AvgIpc) is 2.70. The van der Waals surface area contributed by atoms with E-state index in [1.54, 1.807) is 13.8 Å². The predicted molar refractivity (Wildman–Crippen MR) is 62.5 cm³/mol. The number of H-pyrrole nitrogens is 3. The lowest BCUT2D eigenvalue weighted by molar-refractivity contribution is -0.141. The summed E-state index contributed by atoms with van der Waals surface area (Å²) in [6.07, 6.45) is 0. The molecule has 18 heavy (non-hydrogen) atoms. The van der Waals surface area contributed by atoms with Crippen molar-refractivity contribution in [2.75, 3.05) is 0 Å². The Morgan fingerprint density at radius 3 is 2.50 bits per heavy atom. The van der Waals surface area contributed by atoms with Gasteiger partial charge in [0.1, 0.15) is 11.3 Å². The molecule has 2 unspecified atom stereocenters. The largest absolute Gasteiger partial charge is 0.481 e. The minimum absolute atomic E-state index is 0.128. The topological polar surface area (TPSA) is 132 Å². The fourth-order valence-corrected chi connectivity index (χ4v) is 1.62. The number of carboxylic acids is 1. The summed E-state index contributed by atoms with van der Waals surface area (Å²) < 4.78 is 0. The van der Waals surface area contributed by atoms with Crippen molar-refractivity contribution in [2.24, 2.45) is 5.92 Å². The fraction of sp³-hybridized carbons (Fsp3) is 0.400. The van der Waals surface area contributed by atoms with Gasteiger partial charge < -0.3 is 10.1 Å². The van der Waals surface area contributed by atoms with E-state index in [1.165, 1.54) is 0 Å². The molecule has 0 saturated heterocycles. The zero-order valence-corrected chi connectivity index (χ0v) is 9.77. The van der Waals surface area contributed by atoms with Crippen LogP contribution >= 0.6 is 0 Å². The van der Waals surface area contributed by atoms with Crippen molar-refractivity contribution in [3.8, 4) is 0 Å². The number of nitrogens with zero attached hydrogens (tertiary/aromatic N) is 1. The second kappa shape index (κ2) is 4.13. The van der Waals surface area contributed by atoms with Crippen LogP contribution in [0, 0.1) is 5.92 Å². The van der Waals surface area contributed by atoms with Crippen molar-refractivity contribution in [3.63, 3.8) is 0 Å². The highest BCUT2D eigenvalue weighted by molar-refractivity contribution is 5.72. The van der Waals surface area contributed by atoms with Crippen LogP contribution in [0.3, 0.4) is 0 Å². The van der Waals surface area contributed by atoms with Crippen molar-refractivity contribution in [1.29, 1.82) is 0 Å². The lowest BCUT2D eigenvalue weighted by Crippen LogP contribution is -2.21. The van der Waals surface area contributed by atoms with E-state index in [-0.39, 0.29) is 11.2 Å². The smallest absolute Gasteiger partial charge is 0.327 e. The number of carbonyl (C=O) groups is 1. The van der Waals surface area contributed by atoms with Gasteiger partial charge in [0.05, 0.1) is 5.92 Å². The second-order valence-corrected chi connectivity index (χ2v) is 4.17. The molecule has 2 aromatic rings. The standard InChI is InChI=1S/C10H12N4O4/c1-3(4(2)9(16)17)6-11-5-7(12-6)13-10(18)14-8(5)15/h3-4H,1-2H3,(H,16,17)(H3,11,12,13,14,15,18). The summed E-state index contributed by atoms with van der Waals surface area (Å²) in [6.45, 7) is 3.23. The summed E-state index contributed by atoms with van der Waals surface area (Å²) in [6, 6.07) is 0. The van der Waals surface area contributed by atoms with Crippen LogP contribution in [0.25, 0.3) is 11.2 Å². The Balaban J connectivity index is 2.54. The van der Waals surface area contributed by atoms with E-state index < -0.39 is 29.1 Å². The van der Waals surface area contributed by atoms with E-state index in [0.29, 0.717) is 5.82 Å². The first-order valence-electron chi connectivity index (χ1n) is 5.35. The van der Waals surface area contributed by atoms with Crippen LogP contribution in [-0.4, -0.2) is 31.0 Å². The van der Waals surface area contributed by atoms with E-state index in [4.69, 9.17) is 5.11 Å². The molecule has 0 fully saturated rings. The van der Waals surface area contributed by atoms with Gasteiger partial charge in [-0.2, -0.15) is 0 Å². The molecule has 0 spiro atoms. The molecule has 0 aliphatic heterocycles. The van der Waals surface area contributed by atoms with Crippen LogP contribution in [0.15, 0.2) is 9.59 Å². The van der Waals surface area contributed by atoms with E-state index >= 15 is 0 Å². The van der Waals surface area contributed by atoms with E-state index in [1.807, 2.05) is 0 Å². The highest BCUT2D eigenvalue weighted by atomic mass is 16.4. The third-order valence-electron chi connectivity index (χ3n) is 2.98. The molecule has 8 heteroatoms. The number of hydrogen-bond acceptors (Lipinski definition) is 4. The van der Waals surface area contributed by atoms with Gasteiger partial charge >= 0.3 is 11.7 Å². The first-order chi connectivity index (χ1) is 8.40. The van der Waals surface area contributed by atoms with Crippen molar-refractivity contribution in [2.45, 2.75) is 19.8 Å². The molecule has 2 heterocycles. The highest BCUT2D eigenvalue weighted by Gasteiger charge is 2.24. The maximum Gasteiger partial charge on any atom is 0.327 e. The molecule has 0 saturated carbocycles. The molecule has 0 aliphatic carbocycles. The lowest BCUT2D eigenvalue weighted by atomic mass is 9.96. The molecule has 4 N–H and O–H groups in total. The van der Waals surface area contributed by atoms with E-state index in [0.717, 1.165) is 0 Å². The van der Waals surface area contributed by atoms with E-state index in [2.05, 4.69) is 19.9 Å². The minimum atomic E-state index is -0.953. The van der Waals surface area contributed by atoms with Crippen molar-refractivity contribution in [3.05, 3.63) is 26.7 Å². The normalized spacial score (nSPS) is 14.6. The Hall–Kier alpha value is -2.38. The zero-order chi connectivity index (χ0) is 13.4. The average molecular weight is 252 g/mol. The highest BCUT2D eigenvalue weighted by Crippen LogP contribution is 2.22. The van der Waals surface area contributed by atoms with Gasteiger partial charge in [-0.25, -0.2) is 9.78 Å². The Bertz CT molecular complexity index is 710. The molecule has 0 aliphatic rings. The molecule has 0 amide bonds. The van der Waals surface area contributed by atoms with Gasteiger partial charge in [0.15, 0.2) is 5.65 Å². The molecule has 0 radical (unpaired) electrons.